The lowest BCUT2D eigenvalue weighted by Crippen LogP contribution is -1.95. The van der Waals surface area contributed by atoms with Crippen molar-refractivity contribution in [3.05, 3.63) is 65.8 Å². The predicted molar refractivity (Wildman–Crippen MR) is 76.5 cm³/mol. The van der Waals surface area contributed by atoms with Gasteiger partial charge in [-0.25, -0.2) is 0 Å². The lowest BCUT2D eigenvalue weighted by atomic mass is 10.1. The predicted octanol–water partition coefficient (Wildman–Crippen LogP) is 4.61. The molecular formula is C16H19N. The molecule has 1 aromatic carbocycles. The van der Waals surface area contributed by atoms with E-state index in [1.54, 1.807) is 6.08 Å². The summed E-state index contributed by atoms with van der Waals surface area (Å²) < 4.78 is 0. The molecule has 1 aliphatic carbocycles. The van der Waals surface area contributed by atoms with Gasteiger partial charge < -0.3 is 0 Å². The van der Waals surface area contributed by atoms with Crippen LogP contribution in [0.15, 0.2) is 54.6 Å². The van der Waals surface area contributed by atoms with Crippen molar-refractivity contribution in [3.8, 4) is 0 Å². The molecule has 88 valence electrons. The van der Waals surface area contributed by atoms with Crippen LogP contribution in [0.25, 0.3) is 5.57 Å². The maximum absolute atomic E-state index is 8.03. The third-order valence-corrected chi connectivity index (χ3v) is 2.58. The Hall–Kier alpha value is -1.89. The lowest BCUT2D eigenvalue weighted by Gasteiger charge is -1.98. The highest BCUT2D eigenvalue weighted by Gasteiger charge is 2.22. The molecule has 0 heterocycles. The molecule has 0 radical (unpaired) electrons. The summed E-state index contributed by atoms with van der Waals surface area (Å²) in [6.07, 6.45) is 5.79. The number of hydrogen-bond acceptors (Lipinski definition) is 1. The number of rotatable bonds is 2. The van der Waals surface area contributed by atoms with E-state index in [9.17, 15) is 0 Å². The van der Waals surface area contributed by atoms with E-state index in [0.717, 1.165) is 22.3 Å². The Labute approximate surface area is 104 Å². The van der Waals surface area contributed by atoms with Crippen LogP contribution in [-0.2, 0) is 0 Å². The molecule has 1 aromatic rings. The lowest BCUT2D eigenvalue weighted by molar-refractivity contribution is 1.49. The summed E-state index contributed by atoms with van der Waals surface area (Å²) in [5.41, 5.74) is 4.74. The Balaban J connectivity index is 0.000000686. The van der Waals surface area contributed by atoms with Crippen LogP contribution in [0.2, 0.25) is 0 Å². The van der Waals surface area contributed by atoms with Gasteiger partial charge in [-0.1, -0.05) is 62.9 Å². The van der Waals surface area contributed by atoms with Gasteiger partial charge in [0.15, 0.2) is 0 Å². The van der Waals surface area contributed by atoms with Crippen molar-refractivity contribution < 1.29 is 0 Å². The van der Waals surface area contributed by atoms with Gasteiger partial charge in [0.1, 0.15) is 0 Å². The van der Waals surface area contributed by atoms with Gasteiger partial charge in [0.05, 0.1) is 5.71 Å². The largest absolute Gasteiger partial charge is 0.300 e. The Morgan fingerprint density at radius 2 is 1.65 bits per heavy atom. The molecule has 2 rings (SSSR count). The van der Waals surface area contributed by atoms with Gasteiger partial charge in [-0.05, 0) is 18.1 Å². The maximum Gasteiger partial charge on any atom is 0.0696 e. The number of allylic oxidation sites excluding steroid dienone is 5. The molecule has 1 aliphatic rings. The number of benzene rings is 1. The van der Waals surface area contributed by atoms with E-state index in [0.29, 0.717) is 5.71 Å². The SMILES string of the molecule is C=CC1=C(/C=C\C)c2ccccc2C1=N.CC. The van der Waals surface area contributed by atoms with E-state index < -0.39 is 0 Å². The molecule has 1 heteroatoms. The zero-order valence-corrected chi connectivity index (χ0v) is 10.7. The molecule has 0 bridgehead atoms. The second kappa shape index (κ2) is 6.00. The molecule has 0 amide bonds. The molecular weight excluding hydrogens is 206 g/mol. The molecule has 0 atom stereocenters. The Morgan fingerprint density at radius 1 is 1.06 bits per heavy atom. The van der Waals surface area contributed by atoms with Gasteiger partial charge in [0.2, 0.25) is 0 Å². The molecule has 0 spiro atoms. The van der Waals surface area contributed by atoms with Crippen molar-refractivity contribution in [3.63, 3.8) is 0 Å². The van der Waals surface area contributed by atoms with Crippen LogP contribution in [0.3, 0.4) is 0 Å². The molecule has 17 heavy (non-hydrogen) atoms. The van der Waals surface area contributed by atoms with Gasteiger partial charge in [-0.2, -0.15) is 0 Å². The third kappa shape index (κ3) is 2.28. The topological polar surface area (TPSA) is 23.9 Å². The molecule has 1 N–H and O–H groups in total. The van der Waals surface area contributed by atoms with Crippen molar-refractivity contribution in [2.75, 3.05) is 0 Å². The zero-order chi connectivity index (χ0) is 12.8. The standard InChI is InChI=1S/C14H13N.C2H6/c1-3-7-11-10(4-2)14(15)13-9-6-5-8-12(11)13;1-2/h3-9,15H,2H2,1H3;1-2H3/b7-3-,15-14?;. The van der Waals surface area contributed by atoms with E-state index in [1.165, 1.54) is 0 Å². The Bertz CT molecular complexity index is 490. The highest BCUT2D eigenvalue weighted by molar-refractivity contribution is 6.24. The van der Waals surface area contributed by atoms with Crippen LogP contribution in [0.5, 0.6) is 0 Å². The first-order valence-corrected chi connectivity index (χ1v) is 5.97. The van der Waals surface area contributed by atoms with Crippen LogP contribution >= 0.6 is 0 Å². The Morgan fingerprint density at radius 3 is 2.18 bits per heavy atom. The van der Waals surface area contributed by atoms with E-state index in [1.807, 2.05) is 51.1 Å². The van der Waals surface area contributed by atoms with Crippen LogP contribution in [0.4, 0.5) is 0 Å². The minimum Gasteiger partial charge on any atom is -0.300 e. The van der Waals surface area contributed by atoms with Crippen molar-refractivity contribution in [2.24, 2.45) is 0 Å². The first-order chi connectivity index (χ1) is 8.29. The van der Waals surface area contributed by atoms with Crippen LogP contribution in [-0.4, -0.2) is 5.71 Å². The third-order valence-electron chi connectivity index (χ3n) is 2.58. The molecule has 1 nitrogen and oxygen atoms in total. The molecule has 0 saturated carbocycles. The minimum absolute atomic E-state index is 0.578. The number of fused-ring (bicyclic) bond motifs is 1. The van der Waals surface area contributed by atoms with E-state index in [4.69, 9.17) is 5.41 Å². The molecule has 0 fully saturated rings. The zero-order valence-electron chi connectivity index (χ0n) is 10.7. The smallest absolute Gasteiger partial charge is 0.0696 e. The van der Waals surface area contributed by atoms with Crippen molar-refractivity contribution in [2.45, 2.75) is 20.8 Å². The summed E-state index contributed by atoms with van der Waals surface area (Å²) in [7, 11) is 0. The summed E-state index contributed by atoms with van der Waals surface area (Å²) in [5.74, 6) is 0. The van der Waals surface area contributed by atoms with Gasteiger partial charge in [-0.3, -0.25) is 5.41 Å². The average Bonchev–Trinajstić information content (AvgIpc) is 2.66. The quantitative estimate of drug-likeness (QED) is 0.760. The van der Waals surface area contributed by atoms with E-state index in [-0.39, 0.29) is 0 Å². The first-order valence-electron chi connectivity index (χ1n) is 5.97. The van der Waals surface area contributed by atoms with Crippen LogP contribution in [0, 0.1) is 5.41 Å². The monoisotopic (exact) mass is 225 g/mol. The summed E-state index contributed by atoms with van der Waals surface area (Å²) in [6, 6.07) is 8.00. The Kier molecular flexibility index (Phi) is 4.65. The van der Waals surface area contributed by atoms with Crippen LogP contribution < -0.4 is 0 Å². The number of hydrogen-bond donors (Lipinski definition) is 1. The first kappa shape index (κ1) is 13.2. The summed E-state index contributed by atoms with van der Waals surface area (Å²) in [4.78, 5) is 0. The fourth-order valence-corrected chi connectivity index (χ4v) is 1.92. The maximum atomic E-state index is 8.03. The normalized spacial score (nSPS) is 13.5. The van der Waals surface area contributed by atoms with Crippen molar-refractivity contribution in [1.82, 2.24) is 0 Å². The summed E-state index contributed by atoms with van der Waals surface area (Å²) in [5, 5.41) is 8.03. The van der Waals surface area contributed by atoms with E-state index >= 15 is 0 Å². The summed E-state index contributed by atoms with van der Waals surface area (Å²) >= 11 is 0. The highest BCUT2D eigenvalue weighted by atomic mass is 14.5. The van der Waals surface area contributed by atoms with Crippen molar-refractivity contribution in [1.29, 1.82) is 5.41 Å². The second-order valence-corrected chi connectivity index (χ2v) is 3.45. The fraction of sp³-hybridized carbons (Fsp3) is 0.188. The molecule has 0 unspecified atom stereocenters. The van der Waals surface area contributed by atoms with Crippen molar-refractivity contribution >= 4 is 11.3 Å². The fourth-order valence-electron chi connectivity index (χ4n) is 1.92. The minimum atomic E-state index is 0.578. The van der Waals surface area contributed by atoms with Gasteiger partial charge in [0.25, 0.3) is 0 Å². The highest BCUT2D eigenvalue weighted by Crippen LogP contribution is 2.33. The van der Waals surface area contributed by atoms with Crippen LogP contribution in [0.1, 0.15) is 31.9 Å². The molecule has 0 aromatic heterocycles. The molecule has 0 aliphatic heterocycles. The van der Waals surface area contributed by atoms with Gasteiger partial charge >= 0.3 is 0 Å². The van der Waals surface area contributed by atoms with Gasteiger partial charge in [-0.15, -0.1) is 0 Å². The molecule has 0 saturated heterocycles. The average molecular weight is 225 g/mol. The summed E-state index contributed by atoms with van der Waals surface area (Å²) in [6.45, 7) is 9.76. The van der Waals surface area contributed by atoms with Gasteiger partial charge in [0, 0.05) is 11.1 Å². The van der Waals surface area contributed by atoms with E-state index in [2.05, 4.69) is 12.6 Å². The number of nitrogens with one attached hydrogen (secondary N) is 1. The second-order valence-electron chi connectivity index (χ2n) is 3.45.